The third-order valence-electron chi connectivity index (χ3n) is 2.20. The zero-order valence-electron chi connectivity index (χ0n) is 9.46. The molecule has 5 heteroatoms. The van der Waals surface area contributed by atoms with Crippen LogP contribution >= 0.6 is 11.3 Å². The highest BCUT2D eigenvalue weighted by Gasteiger charge is 2.08. The monoisotopic (exact) mass is 261 g/mol. The Morgan fingerprint density at radius 3 is 2.94 bits per heavy atom. The number of ether oxygens (including phenoxy) is 1. The smallest absolute Gasteiger partial charge is 0.331 e. The molecule has 0 fully saturated rings. The maximum atomic E-state index is 11.5. The van der Waals surface area contributed by atoms with Crippen molar-refractivity contribution >= 4 is 29.2 Å². The summed E-state index contributed by atoms with van der Waals surface area (Å²) in [6.07, 6.45) is 4.60. The van der Waals surface area contributed by atoms with Gasteiger partial charge in [0.1, 0.15) is 0 Å². The molecule has 92 valence electrons. The molecule has 0 unspecified atom stereocenters. The number of ketones is 1. The topological polar surface area (TPSA) is 59.2 Å². The summed E-state index contributed by atoms with van der Waals surface area (Å²) in [5, 5.41) is 3.83. The Hall–Kier alpha value is -2.14. The average Bonchev–Trinajstić information content (AvgIpc) is 3.05. The number of carbonyl (C=O) groups is 2. The van der Waals surface area contributed by atoms with E-state index < -0.39 is 5.97 Å². The van der Waals surface area contributed by atoms with Gasteiger partial charge in [-0.15, -0.1) is 0 Å². The minimum Gasteiger partial charge on any atom is -0.454 e. The van der Waals surface area contributed by atoms with Crippen LogP contribution < -0.4 is 0 Å². The number of Topliss-reactive ketones (excluding diaryl/α,β-unsaturated/α-hetero) is 1. The molecular formula is C13H11NO3S. The van der Waals surface area contributed by atoms with Crippen molar-refractivity contribution in [1.29, 1.82) is 0 Å². The van der Waals surface area contributed by atoms with Gasteiger partial charge < -0.3 is 9.72 Å². The van der Waals surface area contributed by atoms with Crippen LogP contribution in [0.4, 0.5) is 0 Å². The Kier molecular flexibility index (Phi) is 4.09. The van der Waals surface area contributed by atoms with Crippen molar-refractivity contribution in [2.75, 3.05) is 6.61 Å². The van der Waals surface area contributed by atoms with Gasteiger partial charge in [0, 0.05) is 12.3 Å². The summed E-state index contributed by atoms with van der Waals surface area (Å²) in [5.41, 5.74) is 1.37. The normalized spacial score (nSPS) is 10.7. The first-order valence-electron chi connectivity index (χ1n) is 5.29. The second kappa shape index (κ2) is 5.97. The minimum atomic E-state index is -0.527. The molecule has 0 amide bonds. The van der Waals surface area contributed by atoms with Gasteiger partial charge >= 0.3 is 5.97 Å². The Morgan fingerprint density at radius 2 is 2.28 bits per heavy atom. The highest BCUT2D eigenvalue weighted by molar-refractivity contribution is 7.08. The molecule has 0 saturated carbocycles. The Labute approximate surface area is 108 Å². The number of aromatic nitrogens is 1. The SMILES string of the molecule is O=C(/C=C/c1ccsc1)OCC(=O)c1ccc[nH]1. The van der Waals surface area contributed by atoms with Crippen LogP contribution in [0.5, 0.6) is 0 Å². The lowest BCUT2D eigenvalue weighted by atomic mass is 10.3. The van der Waals surface area contributed by atoms with E-state index in [4.69, 9.17) is 4.74 Å². The van der Waals surface area contributed by atoms with Gasteiger partial charge in [-0.3, -0.25) is 4.79 Å². The molecular weight excluding hydrogens is 250 g/mol. The van der Waals surface area contributed by atoms with E-state index in [1.165, 1.54) is 6.08 Å². The number of hydrogen-bond donors (Lipinski definition) is 1. The Bertz CT molecular complexity index is 541. The molecule has 2 aromatic heterocycles. The predicted octanol–water partition coefficient (Wildman–Crippen LogP) is 2.52. The number of hydrogen-bond acceptors (Lipinski definition) is 4. The molecule has 0 aromatic carbocycles. The van der Waals surface area contributed by atoms with Gasteiger partial charge in [-0.05, 0) is 40.6 Å². The van der Waals surface area contributed by atoms with Crippen LogP contribution in [0.15, 0.2) is 41.2 Å². The van der Waals surface area contributed by atoms with E-state index >= 15 is 0 Å². The number of carbonyl (C=O) groups excluding carboxylic acids is 2. The largest absolute Gasteiger partial charge is 0.454 e. The van der Waals surface area contributed by atoms with Crippen molar-refractivity contribution in [1.82, 2.24) is 4.98 Å². The number of rotatable bonds is 5. The molecule has 0 saturated heterocycles. The summed E-state index contributed by atoms with van der Waals surface area (Å²) in [5.74, 6) is -0.779. The summed E-state index contributed by atoms with van der Waals surface area (Å²) in [7, 11) is 0. The fraction of sp³-hybridized carbons (Fsp3) is 0.0769. The van der Waals surface area contributed by atoms with Crippen LogP contribution in [0.25, 0.3) is 6.08 Å². The molecule has 2 aromatic rings. The van der Waals surface area contributed by atoms with Gasteiger partial charge in [0.2, 0.25) is 5.78 Å². The van der Waals surface area contributed by atoms with Crippen LogP contribution in [0.3, 0.4) is 0 Å². The number of H-pyrrole nitrogens is 1. The maximum Gasteiger partial charge on any atom is 0.331 e. The van der Waals surface area contributed by atoms with Crippen LogP contribution in [0, 0.1) is 0 Å². The van der Waals surface area contributed by atoms with E-state index in [-0.39, 0.29) is 12.4 Å². The third-order valence-corrected chi connectivity index (χ3v) is 2.90. The average molecular weight is 261 g/mol. The van der Waals surface area contributed by atoms with Gasteiger partial charge in [-0.2, -0.15) is 11.3 Å². The van der Waals surface area contributed by atoms with Crippen molar-refractivity contribution < 1.29 is 14.3 Å². The summed E-state index contributed by atoms with van der Waals surface area (Å²) >= 11 is 1.55. The molecule has 4 nitrogen and oxygen atoms in total. The van der Waals surface area contributed by atoms with Crippen molar-refractivity contribution in [3.8, 4) is 0 Å². The molecule has 2 rings (SSSR count). The standard InChI is InChI=1S/C13H11NO3S/c15-12(11-2-1-6-14-11)8-17-13(16)4-3-10-5-7-18-9-10/h1-7,9,14H,8H2/b4-3+. The minimum absolute atomic E-state index is 0.253. The molecule has 2 heterocycles. The fourth-order valence-electron chi connectivity index (χ4n) is 1.30. The second-order valence-corrected chi connectivity index (χ2v) is 4.28. The highest BCUT2D eigenvalue weighted by atomic mass is 32.1. The van der Waals surface area contributed by atoms with E-state index in [1.54, 1.807) is 35.7 Å². The third kappa shape index (κ3) is 3.43. The van der Waals surface area contributed by atoms with Gasteiger partial charge in [0.15, 0.2) is 6.61 Å². The van der Waals surface area contributed by atoms with Gasteiger partial charge in [0.25, 0.3) is 0 Å². The van der Waals surface area contributed by atoms with E-state index in [0.717, 1.165) is 5.56 Å². The highest BCUT2D eigenvalue weighted by Crippen LogP contribution is 2.07. The van der Waals surface area contributed by atoms with Crippen LogP contribution in [-0.2, 0) is 9.53 Å². The Balaban J connectivity index is 1.80. The van der Waals surface area contributed by atoms with E-state index in [9.17, 15) is 9.59 Å². The fourth-order valence-corrected chi connectivity index (χ4v) is 1.93. The van der Waals surface area contributed by atoms with E-state index in [2.05, 4.69) is 4.98 Å². The lowest BCUT2D eigenvalue weighted by molar-refractivity contribution is -0.136. The van der Waals surface area contributed by atoms with E-state index in [0.29, 0.717) is 5.69 Å². The number of thiophene rings is 1. The van der Waals surface area contributed by atoms with Crippen molar-refractivity contribution in [2.45, 2.75) is 0 Å². The second-order valence-electron chi connectivity index (χ2n) is 3.50. The van der Waals surface area contributed by atoms with Crippen LogP contribution in [-0.4, -0.2) is 23.3 Å². The number of esters is 1. The number of nitrogens with one attached hydrogen (secondary N) is 1. The van der Waals surface area contributed by atoms with Crippen LogP contribution in [0.2, 0.25) is 0 Å². The van der Waals surface area contributed by atoms with Crippen LogP contribution in [0.1, 0.15) is 16.1 Å². The van der Waals surface area contributed by atoms with E-state index in [1.807, 2.05) is 16.8 Å². The molecule has 0 atom stereocenters. The van der Waals surface area contributed by atoms with Gasteiger partial charge in [-0.25, -0.2) is 4.79 Å². The molecule has 0 aliphatic carbocycles. The molecule has 1 N–H and O–H groups in total. The zero-order valence-corrected chi connectivity index (χ0v) is 10.3. The van der Waals surface area contributed by atoms with Crippen molar-refractivity contribution in [3.05, 3.63) is 52.5 Å². The first-order valence-corrected chi connectivity index (χ1v) is 6.23. The predicted molar refractivity (Wildman–Crippen MR) is 69.4 cm³/mol. The van der Waals surface area contributed by atoms with Gasteiger partial charge in [0.05, 0.1) is 5.69 Å². The molecule has 0 spiro atoms. The first-order chi connectivity index (χ1) is 8.75. The van der Waals surface area contributed by atoms with Crippen molar-refractivity contribution in [3.63, 3.8) is 0 Å². The lowest BCUT2D eigenvalue weighted by Crippen LogP contribution is -2.12. The van der Waals surface area contributed by atoms with Gasteiger partial charge in [-0.1, -0.05) is 0 Å². The quantitative estimate of drug-likeness (QED) is 0.511. The lowest BCUT2D eigenvalue weighted by Gasteiger charge is -1.99. The zero-order chi connectivity index (χ0) is 12.8. The summed E-state index contributed by atoms with van der Waals surface area (Å²) in [4.78, 5) is 25.6. The number of aromatic amines is 1. The summed E-state index contributed by atoms with van der Waals surface area (Å²) in [6, 6.07) is 5.24. The molecule has 0 radical (unpaired) electrons. The molecule has 0 aliphatic heterocycles. The summed E-state index contributed by atoms with van der Waals surface area (Å²) < 4.78 is 4.83. The molecule has 0 aliphatic rings. The first kappa shape index (κ1) is 12.3. The Morgan fingerprint density at radius 1 is 1.39 bits per heavy atom. The van der Waals surface area contributed by atoms with Crippen molar-refractivity contribution in [2.24, 2.45) is 0 Å². The molecule has 18 heavy (non-hydrogen) atoms. The molecule has 0 bridgehead atoms. The summed E-state index contributed by atoms with van der Waals surface area (Å²) in [6.45, 7) is -0.257. The maximum absolute atomic E-state index is 11.5.